The topological polar surface area (TPSA) is 12.0 Å². The molecule has 0 saturated heterocycles. The summed E-state index contributed by atoms with van der Waals surface area (Å²) in [7, 11) is 0. The molecule has 84 valence electrons. The molecule has 2 rings (SSSR count). The average Bonchev–Trinajstić information content (AvgIpc) is 2.78. The maximum absolute atomic E-state index is 3.65. The van der Waals surface area contributed by atoms with Crippen LogP contribution in [0.5, 0.6) is 0 Å². The molecule has 1 heterocycles. The molecule has 1 aromatic rings. The minimum absolute atomic E-state index is 0.606. The van der Waals surface area contributed by atoms with Crippen molar-refractivity contribution >= 4 is 11.3 Å². The first-order valence-corrected chi connectivity index (χ1v) is 6.75. The Hall–Kier alpha value is -0.340. The first kappa shape index (κ1) is 11.2. The van der Waals surface area contributed by atoms with E-state index >= 15 is 0 Å². The molecule has 1 aromatic heterocycles. The molecule has 1 aliphatic carbocycles. The smallest absolute Gasteiger partial charge is 0.0362 e. The molecule has 3 atom stereocenters. The van der Waals surface area contributed by atoms with Gasteiger partial charge in [-0.3, -0.25) is 0 Å². The number of nitrogens with one attached hydrogen (secondary N) is 1. The Labute approximate surface area is 96.9 Å². The van der Waals surface area contributed by atoms with Crippen LogP contribution in [-0.4, -0.2) is 6.54 Å². The molecule has 0 bridgehead atoms. The lowest BCUT2D eigenvalue weighted by Gasteiger charge is -2.17. The second-order valence-corrected chi connectivity index (χ2v) is 6.24. The maximum Gasteiger partial charge on any atom is 0.0362 e. The molecule has 2 heteroatoms. The van der Waals surface area contributed by atoms with Gasteiger partial charge in [0.05, 0.1) is 0 Å². The van der Waals surface area contributed by atoms with E-state index in [1.165, 1.54) is 16.2 Å². The SMILES string of the molecule is CCNC(c1cc(C)sc1C)C1CC1C. The number of hydrogen-bond acceptors (Lipinski definition) is 2. The summed E-state index contributed by atoms with van der Waals surface area (Å²) in [5, 5.41) is 3.65. The van der Waals surface area contributed by atoms with Gasteiger partial charge >= 0.3 is 0 Å². The van der Waals surface area contributed by atoms with E-state index in [9.17, 15) is 0 Å². The van der Waals surface area contributed by atoms with E-state index in [0.717, 1.165) is 18.4 Å². The fourth-order valence-corrected chi connectivity index (χ4v) is 3.46. The van der Waals surface area contributed by atoms with Gasteiger partial charge in [-0.15, -0.1) is 11.3 Å². The predicted octanol–water partition coefficient (Wildman–Crippen LogP) is 3.67. The zero-order valence-electron chi connectivity index (χ0n) is 10.1. The standard InChI is InChI=1S/C13H21NS/c1-5-14-13(11-6-8(11)2)12-7-9(3)15-10(12)4/h7-8,11,13-14H,5-6H2,1-4H3. The quantitative estimate of drug-likeness (QED) is 0.821. The van der Waals surface area contributed by atoms with Crippen molar-refractivity contribution in [1.29, 1.82) is 0 Å². The Bertz CT molecular complexity index is 342. The van der Waals surface area contributed by atoms with E-state index in [0.29, 0.717) is 6.04 Å². The van der Waals surface area contributed by atoms with Crippen LogP contribution in [0.2, 0.25) is 0 Å². The number of hydrogen-bond donors (Lipinski definition) is 1. The monoisotopic (exact) mass is 223 g/mol. The highest BCUT2D eigenvalue weighted by molar-refractivity contribution is 7.12. The van der Waals surface area contributed by atoms with E-state index in [1.807, 2.05) is 11.3 Å². The van der Waals surface area contributed by atoms with Gasteiger partial charge in [0, 0.05) is 15.8 Å². The number of rotatable bonds is 4. The van der Waals surface area contributed by atoms with Gasteiger partial charge in [-0.2, -0.15) is 0 Å². The summed E-state index contributed by atoms with van der Waals surface area (Å²) in [5.74, 6) is 1.78. The third-order valence-electron chi connectivity index (χ3n) is 3.44. The second kappa shape index (κ2) is 4.26. The normalized spacial score (nSPS) is 26.7. The Morgan fingerprint density at radius 2 is 2.20 bits per heavy atom. The zero-order valence-corrected chi connectivity index (χ0v) is 10.9. The zero-order chi connectivity index (χ0) is 11.0. The van der Waals surface area contributed by atoms with Gasteiger partial charge in [-0.1, -0.05) is 13.8 Å². The molecule has 1 fully saturated rings. The van der Waals surface area contributed by atoms with Crippen molar-refractivity contribution in [3.8, 4) is 0 Å². The van der Waals surface area contributed by atoms with E-state index in [-0.39, 0.29) is 0 Å². The van der Waals surface area contributed by atoms with Crippen molar-refractivity contribution in [1.82, 2.24) is 5.32 Å². The molecular formula is C13H21NS. The van der Waals surface area contributed by atoms with Gasteiger partial charge < -0.3 is 5.32 Å². The molecule has 0 spiro atoms. The fourth-order valence-electron chi connectivity index (χ4n) is 2.49. The summed E-state index contributed by atoms with van der Waals surface area (Å²) in [6.07, 6.45) is 1.39. The highest BCUT2D eigenvalue weighted by Crippen LogP contribution is 2.48. The van der Waals surface area contributed by atoms with Crippen LogP contribution in [0.25, 0.3) is 0 Å². The van der Waals surface area contributed by atoms with E-state index in [2.05, 4.69) is 39.1 Å². The average molecular weight is 223 g/mol. The van der Waals surface area contributed by atoms with Gasteiger partial charge in [-0.05, 0) is 50.3 Å². The molecule has 15 heavy (non-hydrogen) atoms. The van der Waals surface area contributed by atoms with Crippen molar-refractivity contribution in [2.75, 3.05) is 6.54 Å². The summed E-state index contributed by atoms with van der Waals surface area (Å²) >= 11 is 1.93. The van der Waals surface area contributed by atoms with Crippen molar-refractivity contribution < 1.29 is 0 Å². The minimum atomic E-state index is 0.606. The maximum atomic E-state index is 3.65. The molecule has 0 radical (unpaired) electrons. The van der Waals surface area contributed by atoms with E-state index < -0.39 is 0 Å². The minimum Gasteiger partial charge on any atom is -0.310 e. The van der Waals surface area contributed by atoms with E-state index in [1.54, 1.807) is 5.56 Å². The van der Waals surface area contributed by atoms with Gasteiger partial charge in [-0.25, -0.2) is 0 Å². The van der Waals surface area contributed by atoms with Crippen molar-refractivity contribution in [2.24, 2.45) is 11.8 Å². The largest absolute Gasteiger partial charge is 0.310 e. The summed E-state index contributed by atoms with van der Waals surface area (Å²) in [4.78, 5) is 2.94. The highest BCUT2D eigenvalue weighted by atomic mass is 32.1. The van der Waals surface area contributed by atoms with Crippen LogP contribution in [-0.2, 0) is 0 Å². The third kappa shape index (κ3) is 2.26. The molecular weight excluding hydrogens is 202 g/mol. The molecule has 0 aromatic carbocycles. The summed E-state index contributed by atoms with van der Waals surface area (Å²) in [6, 6.07) is 2.98. The Balaban J connectivity index is 2.20. The summed E-state index contributed by atoms with van der Waals surface area (Å²) in [5.41, 5.74) is 1.55. The molecule has 1 nitrogen and oxygen atoms in total. The molecule has 1 saturated carbocycles. The first-order valence-electron chi connectivity index (χ1n) is 5.93. The molecule has 1 N–H and O–H groups in total. The van der Waals surface area contributed by atoms with Crippen LogP contribution < -0.4 is 5.32 Å². The van der Waals surface area contributed by atoms with Crippen molar-refractivity contribution in [3.63, 3.8) is 0 Å². The highest BCUT2D eigenvalue weighted by Gasteiger charge is 2.40. The number of aryl methyl sites for hydroxylation is 2. The van der Waals surface area contributed by atoms with Gasteiger partial charge in [0.25, 0.3) is 0 Å². The molecule has 1 aliphatic rings. The van der Waals surface area contributed by atoms with Crippen LogP contribution in [0, 0.1) is 25.7 Å². The Morgan fingerprint density at radius 1 is 1.53 bits per heavy atom. The fraction of sp³-hybridized carbons (Fsp3) is 0.692. The molecule has 0 aliphatic heterocycles. The third-order valence-corrected chi connectivity index (χ3v) is 4.42. The lowest BCUT2D eigenvalue weighted by atomic mass is 10.0. The van der Waals surface area contributed by atoms with Gasteiger partial charge in [0.15, 0.2) is 0 Å². The second-order valence-electron chi connectivity index (χ2n) is 4.78. The lowest BCUT2D eigenvalue weighted by molar-refractivity contribution is 0.475. The van der Waals surface area contributed by atoms with Gasteiger partial charge in [0.2, 0.25) is 0 Å². The van der Waals surface area contributed by atoms with Crippen LogP contribution in [0.1, 0.15) is 41.6 Å². The van der Waals surface area contributed by atoms with Crippen molar-refractivity contribution in [3.05, 3.63) is 21.4 Å². The van der Waals surface area contributed by atoms with Crippen LogP contribution in [0.4, 0.5) is 0 Å². The van der Waals surface area contributed by atoms with Crippen molar-refractivity contribution in [2.45, 2.75) is 40.2 Å². The Kier molecular flexibility index (Phi) is 3.17. The summed E-state index contributed by atoms with van der Waals surface area (Å²) < 4.78 is 0. The Morgan fingerprint density at radius 3 is 2.60 bits per heavy atom. The number of thiophene rings is 1. The summed E-state index contributed by atoms with van der Waals surface area (Å²) in [6.45, 7) is 10.1. The van der Waals surface area contributed by atoms with Crippen LogP contribution in [0.3, 0.4) is 0 Å². The molecule has 3 unspecified atom stereocenters. The van der Waals surface area contributed by atoms with Gasteiger partial charge in [0.1, 0.15) is 0 Å². The predicted molar refractivity (Wildman–Crippen MR) is 67.5 cm³/mol. The molecule has 0 amide bonds. The van der Waals surface area contributed by atoms with Crippen LogP contribution >= 0.6 is 11.3 Å². The van der Waals surface area contributed by atoms with E-state index in [4.69, 9.17) is 0 Å². The first-order chi connectivity index (χ1) is 7.13. The lowest BCUT2D eigenvalue weighted by Crippen LogP contribution is -2.23. The van der Waals surface area contributed by atoms with Crippen LogP contribution in [0.15, 0.2) is 6.07 Å².